The molecule has 0 unspecified atom stereocenters. The molecule has 0 aliphatic rings. The molecule has 3 rings (SSSR count). The first-order chi connectivity index (χ1) is 11.0. The van der Waals surface area contributed by atoms with E-state index in [9.17, 15) is 4.79 Å². The first-order valence-corrected chi connectivity index (χ1v) is 8.20. The van der Waals surface area contributed by atoms with E-state index in [2.05, 4.69) is 20.5 Å². The second-order valence-corrected chi connectivity index (χ2v) is 6.75. The van der Waals surface area contributed by atoms with E-state index in [1.54, 1.807) is 10.8 Å². The minimum Gasteiger partial charge on any atom is -0.300 e. The number of hydrogen-bond donors (Lipinski definition) is 2. The average Bonchev–Trinajstić information content (AvgIpc) is 3.07. The summed E-state index contributed by atoms with van der Waals surface area (Å²) in [5.41, 5.74) is 2.06. The SMILES string of the molecule is Cc1ccc(-c2n[nH]c(=S)n2CC(=O)Nc2ncc(C)s2)cc1. The summed E-state index contributed by atoms with van der Waals surface area (Å²) in [6, 6.07) is 7.91. The molecule has 118 valence electrons. The number of amides is 1. The van der Waals surface area contributed by atoms with Crippen molar-refractivity contribution in [2.24, 2.45) is 0 Å². The zero-order valence-corrected chi connectivity index (χ0v) is 14.3. The molecule has 0 fully saturated rings. The highest BCUT2D eigenvalue weighted by molar-refractivity contribution is 7.71. The molecule has 0 aliphatic heterocycles. The van der Waals surface area contributed by atoms with E-state index in [0.29, 0.717) is 15.7 Å². The zero-order chi connectivity index (χ0) is 16.4. The lowest BCUT2D eigenvalue weighted by Crippen LogP contribution is -2.19. The van der Waals surface area contributed by atoms with E-state index < -0.39 is 0 Å². The molecule has 1 aromatic carbocycles. The van der Waals surface area contributed by atoms with Crippen molar-refractivity contribution in [2.75, 3.05) is 5.32 Å². The largest absolute Gasteiger partial charge is 0.300 e. The number of rotatable bonds is 4. The number of hydrogen-bond acceptors (Lipinski definition) is 5. The van der Waals surface area contributed by atoms with Gasteiger partial charge in [0, 0.05) is 16.6 Å². The number of anilines is 1. The molecule has 8 heteroatoms. The number of carbonyl (C=O) groups is 1. The molecule has 2 N–H and O–H groups in total. The lowest BCUT2D eigenvalue weighted by atomic mass is 10.1. The first-order valence-electron chi connectivity index (χ1n) is 6.97. The van der Waals surface area contributed by atoms with Gasteiger partial charge in [0.2, 0.25) is 5.91 Å². The van der Waals surface area contributed by atoms with Gasteiger partial charge in [0.05, 0.1) is 0 Å². The third kappa shape index (κ3) is 3.54. The van der Waals surface area contributed by atoms with Crippen LogP contribution in [-0.4, -0.2) is 25.7 Å². The molecule has 2 heterocycles. The molecule has 6 nitrogen and oxygen atoms in total. The fourth-order valence-corrected chi connectivity index (χ4v) is 2.98. The summed E-state index contributed by atoms with van der Waals surface area (Å²) in [5, 5.41) is 10.3. The van der Waals surface area contributed by atoms with Crippen molar-refractivity contribution >= 4 is 34.6 Å². The fraction of sp³-hybridized carbons (Fsp3) is 0.200. The third-order valence-electron chi connectivity index (χ3n) is 3.24. The summed E-state index contributed by atoms with van der Waals surface area (Å²) in [4.78, 5) is 17.4. The molecular weight excluding hydrogens is 330 g/mol. The Morgan fingerprint density at radius 1 is 1.35 bits per heavy atom. The molecule has 23 heavy (non-hydrogen) atoms. The Hall–Kier alpha value is -2.32. The van der Waals surface area contributed by atoms with E-state index in [4.69, 9.17) is 12.2 Å². The number of nitrogens with zero attached hydrogens (tertiary/aromatic N) is 3. The van der Waals surface area contributed by atoms with Crippen LogP contribution in [-0.2, 0) is 11.3 Å². The summed E-state index contributed by atoms with van der Waals surface area (Å²) in [6.45, 7) is 4.04. The maximum absolute atomic E-state index is 12.2. The van der Waals surface area contributed by atoms with Gasteiger partial charge in [0.15, 0.2) is 15.7 Å². The predicted molar refractivity (Wildman–Crippen MR) is 93.1 cm³/mol. The van der Waals surface area contributed by atoms with E-state index in [1.807, 2.05) is 38.1 Å². The highest BCUT2D eigenvalue weighted by atomic mass is 32.1. The Morgan fingerprint density at radius 3 is 2.74 bits per heavy atom. The Balaban J connectivity index is 1.82. The van der Waals surface area contributed by atoms with Gasteiger partial charge in [-0.25, -0.2) is 4.98 Å². The second kappa shape index (κ2) is 6.43. The van der Waals surface area contributed by atoms with Gasteiger partial charge in [-0.05, 0) is 26.1 Å². The van der Waals surface area contributed by atoms with Crippen LogP contribution in [0.5, 0.6) is 0 Å². The van der Waals surface area contributed by atoms with Crippen LogP contribution < -0.4 is 5.32 Å². The van der Waals surface area contributed by atoms with Crippen LogP contribution in [0.25, 0.3) is 11.4 Å². The normalized spacial score (nSPS) is 10.7. The molecule has 2 aromatic heterocycles. The lowest BCUT2D eigenvalue weighted by Gasteiger charge is -2.07. The van der Waals surface area contributed by atoms with Gasteiger partial charge in [-0.3, -0.25) is 14.5 Å². The Kier molecular flexibility index (Phi) is 4.35. The maximum atomic E-state index is 12.2. The molecule has 0 saturated carbocycles. The van der Waals surface area contributed by atoms with Gasteiger partial charge in [-0.2, -0.15) is 5.10 Å². The van der Waals surface area contributed by atoms with Gasteiger partial charge >= 0.3 is 0 Å². The van der Waals surface area contributed by atoms with Gasteiger partial charge in [-0.15, -0.1) is 11.3 Å². The van der Waals surface area contributed by atoms with Crippen molar-refractivity contribution < 1.29 is 4.79 Å². The number of benzene rings is 1. The van der Waals surface area contributed by atoms with Crippen molar-refractivity contribution in [3.8, 4) is 11.4 Å². The molecule has 0 spiro atoms. The van der Waals surface area contributed by atoms with Crippen LogP contribution in [0.3, 0.4) is 0 Å². The number of thiazole rings is 1. The number of H-pyrrole nitrogens is 1. The molecule has 0 saturated heterocycles. The van der Waals surface area contributed by atoms with Crippen LogP contribution in [0.1, 0.15) is 10.4 Å². The lowest BCUT2D eigenvalue weighted by molar-refractivity contribution is -0.116. The predicted octanol–water partition coefficient (Wildman–Crippen LogP) is 3.32. The Morgan fingerprint density at radius 2 is 2.09 bits per heavy atom. The van der Waals surface area contributed by atoms with Crippen LogP contribution in [0.15, 0.2) is 30.5 Å². The smallest absolute Gasteiger partial charge is 0.246 e. The summed E-state index contributed by atoms with van der Waals surface area (Å²) < 4.78 is 2.08. The number of aromatic amines is 1. The van der Waals surface area contributed by atoms with Crippen molar-refractivity contribution in [1.29, 1.82) is 0 Å². The maximum Gasteiger partial charge on any atom is 0.246 e. The van der Waals surface area contributed by atoms with Gasteiger partial charge in [0.1, 0.15) is 6.54 Å². The van der Waals surface area contributed by atoms with Crippen LogP contribution in [0.2, 0.25) is 0 Å². The van der Waals surface area contributed by atoms with Gasteiger partial charge in [-0.1, -0.05) is 29.8 Å². The Labute approximate surface area is 142 Å². The molecule has 0 atom stereocenters. The summed E-state index contributed by atoms with van der Waals surface area (Å²) in [6.07, 6.45) is 1.72. The third-order valence-corrected chi connectivity index (χ3v) is 4.38. The van der Waals surface area contributed by atoms with E-state index in [1.165, 1.54) is 11.3 Å². The van der Waals surface area contributed by atoms with Crippen LogP contribution in [0, 0.1) is 18.6 Å². The minimum atomic E-state index is -0.190. The number of nitrogens with one attached hydrogen (secondary N) is 2. The van der Waals surface area contributed by atoms with Crippen molar-refractivity contribution in [3.63, 3.8) is 0 Å². The van der Waals surface area contributed by atoms with Gasteiger partial charge < -0.3 is 5.32 Å². The van der Waals surface area contributed by atoms with Crippen molar-refractivity contribution in [3.05, 3.63) is 45.7 Å². The van der Waals surface area contributed by atoms with E-state index >= 15 is 0 Å². The molecule has 3 aromatic rings. The molecular formula is C15H15N5OS2. The zero-order valence-electron chi connectivity index (χ0n) is 12.7. The molecule has 1 amide bonds. The Bertz CT molecular complexity index is 891. The standard InChI is InChI=1S/C15H15N5OS2/c1-9-3-5-11(6-4-9)13-18-19-15(22)20(13)8-12(21)17-14-16-7-10(2)23-14/h3-7H,8H2,1-2H3,(H,19,22)(H,16,17,21). The molecule has 0 radical (unpaired) electrons. The van der Waals surface area contributed by atoms with Gasteiger partial charge in [0.25, 0.3) is 0 Å². The molecule has 0 aliphatic carbocycles. The average molecular weight is 345 g/mol. The van der Waals surface area contributed by atoms with Crippen molar-refractivity contribution in [1.82, 2.24) is 19.7 Å². The summed E-state index contributed by atoms with van der Waals surface area (Å²) in [5.74, 6) is 0.450. The van der Waals surface area contributed by atoms with Crippen LogP contribution in [0.4, 0.5) is 5.13 Å². The number of aryl methyl sites for hydroxylation is 2. The quantitative estimate of drug-likeness (QED) is 0.711. The summed E-state index contributed by atoms with van der Waals surface area (Å²) >= 11 is 6.67. The van der Waals surface area contributed by atoms with Crippen LogP contribution >= 0.6 is 23.6 Å². The molecule has 0 bridgehead atoms. The second-order valence-electron chi connectivity index (χ2n) is 5.13. The number of carbonyl (C=O) groups excluding carboxylic acids is 1. The van der Waals surface area contributed by atoms with Crippen molar-refractivity contribution in [2.45, 2.75) is 20.4 Å². The van der Waals surface area contributed by atoms with E-state index in [0.717, 1.165) is 16.0 Å². The number of aromatic nitrogens is 4. The monoisotopic (exact) mass is 345 g/mol. The fourth-order valence-electron chi connectivity index (χ4n) is 2.10. The first kappa shape index (κ1) is 15.6. The minimum absolute atomic E-state index is 0.0805. The highest BCUT2D eigenvalue weighted by Crippen LogP contribution is 2.19. The topological polar surface area (TPSA) is 75.6 Å². The highest BCUT2D eigenvalue weighted by Gasteiger charge is 2.13. The summed E-state index contributed by atoms with van der Waals surface area (Å²) in [7, 11) is 0. The van der Waals surface area contributed by atoms with E-state index in [-0.39, 0.29) is 12.5 Å².